The van der Waals surface area contributed by atoms with E-state index >= 15 is 0 Å². The van der Waals surface area contributed by atoms with Gasteiger partial charge in [0.1, 0.15) is 0 Å². The minimum Gasteiger partial charge on any atom is -0.396 e. The van der Waals surface area contributed by atoms with Gasteiger partial charge in [-0.2, -0.15) is 11.3 Å². The van der Waals surface area contributed by atoms with Crippen molar-refractivity contribution in [2.75, 3.05) is 13.7 Å². The second-order valence-corrected chi connectivity index (χ2v) is 3.61. The first-order valence-electron chi connectivity index (χ1n) is 4.16. The highest BCUT2D eigenvalue weighted by molar-refractivity contribution is 7.07. The third-order valence-corrected chi connectivity index (χ3v) is 2.68. The van der Waals surface area contributed by atoms with E-state index in [0.29, 0.717) is 6.04 Å². The summed E-state index contributed by atoms with van der Waals surface area (Å²) in [5, 5.41) is 16.2. The number of thiophene rings is 1. The van der Waals surface area contributed by atoms with Crippen LogP contribution in [0.4, 0.5) is 0 Å². The van der Waals surface area contributed by atoms with Gasteiger partial charge in [0.05, 0.1) is 0 Å². The summed E-state index contributed by atoms with van der Waals surface area (Å²) in [5.41, 5.74) is 1.35. The molecule has 0 saturated carbocycles. The molecule has 0 fully saturated rings. The molecular formula is C9H15NOS. The van der Waals surface area contributed by atoms with Crippen LogP contribution < -0.4 is 5.32 Å². The molecule has 0 aromatic carbocycles. The van der Waals surface area contributed by atoms with E-state index < -0.39 is 0 Å². The van der Waals surface area contributed by atoms with Crippen molar-refractivity contribution < 1.29 is 5.11 Å². The molecule has 2 N–H and O–H groups in total. The van der Waals surface area contributed by atoms with Gasteiger partial charge in [-0.15, -0.1) is 0 Å². The Hall–Kier alpha value is -0.380. The Bertz CT molecular complexity index is 198. The zero-order valence-corrected chi connectivity index (χ0v) is 8.10. The van der Waals surface area contributed by atoms with Crippen LogP contribution in [0.2, 0.25) is 0 Å². The minimum atomic E-state index is 0.260. The Labute approximate surface area is 77.2 Å². The second kappa shape index (κ2) is 5.30. The lowest BCUT2D eigenvalue weighted by Gasteiger charge is -2.13. The molecule has 0 saturated heterocycles. The first-order valence-corrected chi connectivity index (χ1v) is 5.10. The molecule has 1 heterocycles. The summed E-state index contributed by atoms with van der Waals surface area (Å²) < 4.78 is 0. The Kier molecular flexibility index (Phi) is 4.29. The largest absolute Gasteiger partial charge is 0.396 e. The van der Waals surface area contributed by atoms with Crippen LogP contribution in [-0.2, 0) is 6.42 Å². The third kappa shape index (κ3) is 2.93. The molecule has 1 atom stereocenters. The summed E-state index contributed by atoms with van der Waals surface area (Å²) in [6.45, 7) is 0.260. The van der Waals surface area contributed by atoms with Gasteiger partial charge in [-0.05, 0) is 42.3 Å². The van der Waals surface area contributed by atoms with E-state index in [1.165, 1.54) is 5.56 Å². The average molecular weight is 185 g/mol. The predicted molar refractivity (Wildman–Crippen MR) is 52.6 cm³/mol. The highest BCUT2D eigenvalue weighted by Gasteiger charge is 2.05. The smallest absolute Gasteiger partial charge is 0.0445 e. The number of nitrogens with one attached hydrogen (secondary N) is 1. The number of hydrogen-bond acceptors (Lipinski definition) is 3. The minimum absolute atomic E-state index is 0.260. The monoisotopic (exact) mass is 185 g/mol. The molecule has 12 heavy (non-hydrogen) atoms. The maximum absolute atomic E-state index is 8.76. The van der Waals surface area contributed by atoms with Gasteiger partial charge < -0.3 is 10.4 Å². The van der Waals surface area contributed by atoms with Crippen LogP contribution in [0.5, 0.6) is 0 Å². The molecule has 1 aromatic rings. The van der Waals surface area contributed by atoms with Gasteiger partial charge in [-0.25, -0.2) is 0 Å². The van der Waals surface area contributed by atoms with Gasteiger partial charge in [0.15, 0.2) is 0 Å². The molecule has 0 aliphatic heterocycles. The van der Waals surface area contributed by atoms with Crippen LogP contribution >= 0.6 is 11.3 Å². The lowest BCUT2D eigenvalue weighted by molar-refractivity contribution is 0.267. The summed E-state index contributed by atoms with van der Waals surface area (Å²) >= 11 is 1.72. The standard InChI is InChI=1S/C9H15NOS/c1-10-9(2-4-11)6-8-3-5-12-7-8/h3,5,7,9-11H,2,4,6H2,1H3/t9-/m0/s1. The molecule has 0 unspecified atom stereocenters. The topological polar surface area (TPSA) is 32.3 Å². The molecule has 68 valence electrons. The van der Waals surface area contributed by atoms with E-state index in [9.17, 15) is 0 Å². The van der Waals surface area contributed by atoms with Crippen LogP contribution in [0.25, 0.3) is 0 Å². The normalized spacial score (nSPS) is 13.2. The van der Waals surface area contributed by atoms with Crippen molar-refractivity contribution in [3.63, 3.8) is 0 Å². The molecule has 0 amide bonds. The maximum Gasteiger partial charge on any atom is 0.0445 e. The van der Waals surface area contributed by atoms with Gasteiger partial charge >= 0.3 is 0 Å². The van der Waals surface area contributed by atoms with Crippen molar-refractivity contribution in [2.24, 2.45) is 0 Å². The Morgan fingerprint density at radius 2 is 2.50 bits per heavy atom. The molecule has 1 rings (SSSR count). The van der Waals surface area contributed by atoms with Crippen LogP contribution in [0.15, 0.2) is 16.8 Å². The molecule has 0 aliphatic rings. The summed E-state index contributed by atoms with van der Waals surface area (Å²) in [6.07, 6.45) is 1.84. The molecule has 0 aliphatic carbocycles. The number of rotatable bonds is 5. The fourth-order valence-electron chi connectivity index (χ4n) is 1.20. The molecule has 2 nitrogen and oxygen atoms in total. The second-order valence-electron chi connectivity index (χ2n) is 2.83. The van der Waals surface area contributed by atoms with Crippen molar-refractivity contribution >= 4 is 11.3 Å². The first kappa shape index (κ1) is 9.71. The fourth-order valence-corrected chi connectivity index (χ4v) is 1.88. The quantitative estimate of drug-likeness (QED) is 0.724. The molecule has 0 bridgehead atoms. The highest BCUT2D eigenvalue weighted by atomic mass is 32.1. The maximum atomic E-state index is 8.76. The van der Waals surface area contributed by atoms with Crippen molar-refractivity contribution in [1.82, 2.24) is 5.32 Å². The fraction of sp³-hybridized carbons (Fsp3) is 0.556. The number of hydrogen-bond donors (Lipinski definition) is 2. The summed E-state index contributed by atoms with van der Waals surface area (Å²) in [4.78, 5) is 0. The number of aliphatic hydroxyl groups excluding tert-OH is 1. The SMILES string of the molecule is CN[C@@H](CCO)Cc1ccsc1. The average Bonchev–Trinajstić information content (AvgIpc) is 2.56. The highest BCUT2D eigenvalue weighted by Crippen LogP contribution is 2.09. The van der Waals surface area contributed by atoms with E-state index in [2.05, 4.69) is 22.1 Å². The van der Waals surface area contributed by atoms with Crippen LogP contribution in [0.1, 0.15) is 12.0 Å². The Morgan fingerprint density at radius 1 is 1.67 bits per heavy atom. The van der Waals surface area contributed by atoms with E-state index in [1.54, 1.807) is 11.3 Å². The molecular weight excluding hydrogens is 170 g/mol. The number of aliphatic hydroxyl groups is 1. The third-order valence-electron chi connectivity index (χ3n) is 1.95. The lowest BCUT2D eigenvalue weighted by Crippen LogP contribution is -2.28. The van der Waals surface area contributed by atoms with Crippen molar-refractivity contribution in [2.45, 2.75) is 18.9 Å². The lowest BCUT2D eigenvalue weighted by atomic mass is 10.1. The van der Waals surface area contributed by atoms with E-state index in [-0.39, 0.29) is 6.61 Å². The summed E-state index contributed by atoms with van der Waals surface area (Å²) in [7, 11) is 1.94. The Balaban J connectivity index is 2.37. The van der Waals surface area contributed by atoms with Gasteiger partial charge in [-0.1, -0.05) is 0 Å². The van der Waals surface area contributed by atoms with E-state index in [4.69, 9.17) is 5.11 Å². The zero-order valence-electron chi connectivity index (χ0n) is 7.29. The predicted octanol–water partition coefficient (Wildman–Crippen LogP) is 1.26. The summed E-state index contributed by atoms with van der Waals surface area (Å²) in [5.74, 6) is 0. The Morgan fingerprint density at radius 3 is 3.00 bits per heavy atom. The van der Waals surface area contributed by atoms with Crippen LogP contribution in [0, 0.1) is 0 Å². The summed E-state index contributed by atoms with van der Waals surface area (Å²) in [6, 6.07) is 2.54. The first-order chi connectivity index (χ1) is 5.86. The van der Waals surface area contributed by atoms with Crippen molar-refractivity contribution in [3.05, 3.63) is 22.4 Å². The van der Waals surface area contributed by atoms with Gasteiger partial charge in [0, 0.05) is 12.6 Å². The van der Waals surface area contributed by atoms with Gasteiger partial charge in [-0.3, -0.25) is 0 Å². The zero-order chi connectivity index (χ0) is 8.81. The van der Waals surface area contributed by atoms with Gasteiger partial charge in [0.2, 0.25) is 0 Å². The van der Waals surface area contributed by atoms with Crippen molar-refractivity contribution in [3.8, 4) is 0 Å². The van der Waals surface area contributed by atoms with Crippen LogP contribution in [0.3, 0.4) is 0 Å². The van der Waals surface area contributed by atoms with E-state index in [1.807, 2.05) is 7.05 Å². The van der Waals surface area contributed by atoms with E-state index in [0.717, 1.165) is 12.8 Å². The molecule has 0 radical (unpaired) electrons. The molecule has 0 spiro atoms. The van der Waals surface area contributed by atoms with Gasteiger partial charge in [0.25, 0.3) is 0 Å². The number of likely N-dealkylation sites (N-methyl/N-ethyl adjacent to an activating group) is 1. The molecule has 3 heteroatoms. The van der Waals surface area contributed by atoms with Crippen LogP contribution in [-0.4, -0.2) is 24.8 Å². The van der Waals surface area contributed by atoms with Crippen molar-refractivity contribution in [1.29, 1.82) is 0 Å². The molecule has 1 aromatic heterocycles.